The van der Waals surface area contributed by atoms with Crippen molar-refractivity contribution >= 4 is 0 Å². The number of nitrogens with two attached hydrogens (primary N) is 1. The van der Waals surface area contributed by atoms with E-state index < -0.39 is 0 Å². The van der Waals surface area contributed by atoms with Crippen LogP contribution in [0, 0.1) is 0 Å². The first kappa shape index (κ1) is 14.2. The Morgan fingerprint density at radius 1 is 1.18 bits per heavy atom. The van der Waals surface area contributed by atoms with Gasteiger partial charge in [-0.1, -0.05) is 57.4 Å². The number of hydrogen-bond donors (Lipinski definition) is 1. The van der Waals surface area contributed by atoms with Gasteiger partial charge in [-0.3, -0.25) is 0 Å². The van der Waals surface area contributed by atoms with Gasteiger partial charge >= 0.3 is 0 Å². The van der Waals surface area contributed by atoms with Crippen molar-refractivity contribution in [2.45, 2.75) is 58.3 Å². The maximum atomic E-state index is 5.62. The zero-order valence-electron chi connectivity index (χ0n) is 11.4. The summed E-state index contributed by atoms with van der Waals surface area (Å²) in [6.45, 7) is 5.31. The van der Waals surface area contributed by atoms with Crippen molar-refractivity contribution in [3.8, 4) is 0 Å². The SMILES string of the molecule is CCCCCCc1cccc(C(C)CCN)c1. The van der Waals surface area contributed by atoms with Gasteiger partial charge in [0.2, 0.25) is 0 Å². The van der Waals surface area contributed by atoms with E-state index in [2.05, 4.69) is 38.1 Å². The van der Waals surface area contributed by atoms with Crippen LogP contribution in [0.3, 0.4) is 0 Å². The molecule has 0 radical (unpaired) electrons. The lowest BCUT2D eigenvalue weighted by Crippen LogP contribution is -2.04. The summed E-state index contributed by atoms with van der Waals surface area (Å²) in [7, 11) is 0. The highest BCUT2D eigenvalue weighted by Crippen LogP contribution is 2.20. The van der Waals surface area contributed by atoms with Crippen molar-refractivity contribution < 1.29 is 0 Å². The van der Waals surface area contributed by atoms with Crippen molar-refractivity contribution in [2.24, 2.45) is 5.73 Å². The third-order valence-corrected chi connectivity index (χ3v) is 3.44. The second-order valence-corrected chi connectivity index (χ2v) is 5.03. The summed E-state index contributed by atoms with van der Waals surface area (Å²) in [5.41, 5.74) is 8.55. The van der Waals surface area contributed by atoms with Crippen LogP contribution >= 0.6 is 0 Å². The Labute approximate surface area is 106 Å². The lowest BCUT2D eigenvalue weighted by molar-refractivity contribution is 0.663. The molecule has 0 heterocycles. The summed E-state index contributed by atoms with van der Waals surface area (Å²) < 4.78 is 0. The molecular weight excluding hydrogens is 206 g/mol. The third-order valence-electron chi connectivity index (χ3n) is 3.44. The van der Waals surface area contributed by atoms with Crippen LogP contribution in [0.5, 0.6) is 0 Å². The molecule has 0 aliphatic carbocycles. The summed E-state index contributed by atoms with van der Waals surface area (Å²) >= 11 is 0. The van der Waals surface area contributed by atoms with Gasteiger partial charge < -0.3 is 5.73 Å². The Bertz CT molecular complexity index is 306. The minimum atomic E-state index is 0.593. The minimum Gasteiger partial charge on any atom is -0.330 e. The Morgan fingerprint density at radius 2 is 2.00 bits per heavy atom. The zero-order chi connectivity index (χ0) is 12.5. The van der Waals surface area contributed by atoms with Crippen LogP contribution in [-0.2, 0) is 6.42 Å². The molecule has 1 unspecified atom stereocenters. The molecule has 1 nitrogen and oxygen atoms in total. The van der Waals surface area contributed by atoms with Gasteiger partial charge in [-0.2, -0.15) is 0 Å². The highest BCUT2D eigenvalue weighted by atomic mass is 14.5. The Hall–Kier alpha value is -0.820. The number of aryl methyl sites for hydroxylation is 1. The average Bonchev–Trinajstić information content (AvgIpc) is 2.35. The van der Waals surface area contributed by atoms with E-state index in [4.69, 9.17) is 5.73 Å². The van der Waals surface area contributed by atoms with Gasteiger partial charge in [0, 0.05) is 0 Å². The molecule has 0 aromatic heterocycles. The molecule has 0 saturated carbocycles. The molecule has 17 heavy (non-hydrogen) atoms. The molecule has 0 bridgehead atoms. The number of unbranched alkanes of at least 4 members (excludes halogenated alkanes) is 3. The first-order valence-corrected chi connectivity index (χ1v) is 7.06. The van der Waals surface area contributed by atoms with Gasteiger partial charge in [0.05, 0.1) is 0 Å². The van der Waals surface area contributed by atoms with Crippen molar-refractivity contribution in [2.75, 3.05) is 6.54 Å². The maximum absolute atomic E-state index is 5.62. The van der Waals surface area contributed by atoms with Crippen LogP contribution in [0.2, 0.25) is 0 Å². The highest BCUT2D eigenvalue weighted by Gasteiger charge is 2.04. The minimum absolute atomic E-state index is 0.593. The van der Waals surface area contributed by atoms with Gasteiger partial charge in [0.1, 0.15) is 0 Å². The Balaban J connectivity index is 2.47. The van der Waals surface area contributed by atoms with Crippen LogP contribution in [0.25, 0.3) is 0 Å². The van der Waals surface area contributed by atoms with E-state index >= 15 is 0 Å². The quantitative estimate of drug-likeness (QED) is 0.667. The Morgan fingerprint density at radius 3 is 2.71 bits per heavy atom. The van der Waals surface area contributed by atoms with Crippen LogP contribution in [0.15, 0.2) is 24.3 Å². The summed E-state index contributed by atoms with van der Waals surface area (Å²) in [5, 5.41) is 0. The Kier molecular flexibility index (Phi) is 6.95. The number of hydrogen-bond acceptors (Lipinski definition) is 1. The topological polar surface area (TPSA) is 26.0 Å². The molecule has 0 spiro atoms. The third kappa shape index (κ3) is 5.36. The van der Waals surface area contributed by atoms with E-state index in [9.17, 15) is 0 Å². The lowest BCUT2D eigenvalue weighted by Gasteiger charge is -2.12. The van der Waals surface area contributed by atoms with Gasteiger partial charge in [0.25, 0.3) is 0 Å². The zero-order valence-corrected chi connectivity index (χ0v) is 11.4. The normalized spacial score (nSPS) is 12.6. The van der Waals surface area contributed by atoms with Crippen LogP contribution in [0.4, 0.5) is 0 Å². The predicted molar refractivity (Wildman–Crippen MR) is 76.4 cm³/mol. The molecule has 1 atom stereocenters. The second kappa shape index (κ2) is 8.30. The molecular formula is C16H27N. The van der Waals surface area contributed by atoms with E-state index in [-0.39, 0.29) is 0 Å². The van der Waals surface area contributed by atoms with Crippen molar-refractivity contribution in [1.82, 2.24) is 0 Å². The first-order chi connectivity index (χ1) is 8.27. The van der Waals surface area contributed by atoms with E-state index in [0.717, 1.165) is 13.0 Å². The molecule has 0 amide bonds. The van der Waals surface area contributed by atoms with Crippen LogP contribution in [-0.4, -0.2) is 6.54 Å². The number of rotatable bonds is 8. The van der Waals surface area contributed by atoms with Gasteiger partial charge in [-0.25, -0.2) is 0 Å². The fourth-order valence-corrected chi connectivity index (χ4v) is 2.23. The first-order valence-electron chi connectivity index (χ1n) is 7.06. The largest absolute Gasteiger partial charge is 0.330 e. The van der Waals surface area contributed by atoms with E-state index in [1.165, 1.54) is 43.2 Å². The second-order valence-electron chi connectivity index (χ2n) is 5.03. The van der Waals surface area contributed by atoms with E-state index in [0.29, 0.717) is 5.92 Å². The van der Waals surface area contributed by atoms with Crippen LogP contribution in [0.1, 0.15) is 63.0 Å². The van der Waals surface area contributed by atoms with Crippen molar-refractivity contribution in [1.29, 1.82) is 0 Å². The molecule has 2 N–H and O–H groups in total. The molecule has 0 saturated heterocycles. The molecule has 1 aromatic carbocycles. The fraction of sp³-hybridized carbons (Fsp3) is 0.625. The van der Waals surface area contributed by atoms with E-state index in [1.807, 2.05) is 0 Å². The molecule has 96 valence electrons. The van der Waals surface area contributed by atoms with E-state index in [1.54, 1.807) is 0 Å². The van der Waals surface area contributed by atoms with Crippen molar-refractivity contribution in [3.05, 3.63) is 35.4 Å². The summed E-state index contributed by atoms with van der Waals surface area (Å²) in [6.07, 6.45) is 7.67. The molecule has 0 fully saturated rings. The fourth-order valence-electron chi connectivity index (χ4n) is 2.23. The molecule has 1 heteroatoms. The summed E-state index contributed by atoms with van der Waals surface area (Å²) in [6, 6.07) is 9.05. The molecule has 0 aliphatic heterocycles. The maximum Gasteiger partial charge on any atom is -0.00715 e. The lowest BCUT2D eigenvalue weighted by atomic mass is 9.95. The summed E-state index contributed by atoms with van der Waals surface area (Å²) in [4.78, 5) is 0. The van der Waals surface area contributed by atoms with Gasteiger partial charge in [0.15, 0.2) is 0 Å². The summed E-state index contributed by atoms with van der Waals surface area (Å²) in [5.74, 6) is 0.593. The van der Waals surface area contributed by atoms with Crippen molar-refractivity contribution in [3.63, 3.8) is 0 Å². The molecule has 1 aromatic rings. The average molecular weight is 233 g/mol. The standard InChI is InChI=1S/C16H27N/c1-3-4-5-6-8-15-9-7-10-16(13-15)14(2)11-12-17/h7,9-10,13-14H,3-6,8,11-12,17H2,1-2H3. The van der Waals surface area contributed by atoms with Gasteiger partial charge in [-0.15, -0.1) is 0 Å². The monoisotopic (exact) mass is 233 g/mol. The van der Waals surface area contributed by atoms with Gasteiger partial charge in [-0.05, 0) is 42.9 Å². The molecule has 0 aliphatic rings. The smallest absolute Gasteiger partial charge is 0.00715 e. The molecule has 1 rings (SSSR count). The van der Waals surface area contributed by atoms with Crippen LogP contribution < -0.4 is 5.73 Å². The predicted octanol–water partition coefficient (Wildman–Crippen LogP) is 4.26. The highest BCUT2D eigenvalue weighted by molar-refractivity contribution is 5.26. The number of benzene rings is 1.